The lowest BCUT2D eigenvalue weighted by molar-refractivity contribution is 0.0528. The highest BCUT2D eigenvalue weighted by molar-refractivity contribution is 5.67. The number of alkyl carbamates (subject to hydrolysis) is 1. The van der Waals surface area contributed by atoms with Crippen LogP contribution in [-0.2, 0) is 4.74 Å². The number of rotatable bonds is 6. The van der Waals surface area contributed by atoms with E-state index in [1.165, 1.54) is 0 Å². The Hall–Kier alpha value is -1.50. The Labute approximate surface area is 101 Å². The van der Waals surface area contributed by atoms with E-state index in [0.29, 0.717) is 26.2 Å². The highest BCUT2D eigenvalue weighted by atomic mass is 16.6. The molecule has 7 nitrogen and oxygen atoms in total. The topological polar surface area (TPSA) is 99.7 Å². The SMILES string of the molecule is CC(C)(C)OC(=O)NCCNCCNC(=O)O. The van der Waals surface area contributed by atoms with E-state index in [-0.39, 0.29) is 0 Å². The fourth-order valence-electron chi connectivity index (χ4n) is 0.950. The van der Waals surface area contributed by atoms with Crippen molar-refractivity contribution in [3.05, 3.63) is 0 Å². The zero-order valence-corrected chi connectivity index (χ0v) is 10.5. The maximum absolute atomic E-state index is 11.2. The molecule has 0 unspecified atom stereocenters. The Morgan fingerprint density at radius 2 is 1.59 bits per heavy atom. The van der Waals surface area contributed by atoms with Crippen LogP contribution in [0.5, 0.6) is 0 Å². The second kappa shape index (κ2) is 7.72. The van der Waals surface area contributed by atoms with E-state index in [2.05, 4.69) is 16.0 Å². The van der Waals surface area contributed by atoms with Crippen molar-refractivity contribution in [1.29, 1.82) is 0 Å². The standard InChI is InChI=1S/C10H21N3O4/c1-10(2,3)17-9(16)13-7-5-11-4-6-12-8(14)15/h11-12H,4-7H2,1-3H3,(H,13,16)(H,14,15). The Balaban J connectivity index is 3.34. The summed E-state index contributed by atoms with van der Waals surface area (Å²) in [5.74, 6) is 0. The molecule has 0 radical (unpaired) electrons. The van der Waals surface area contributed by atoms with Crippen molar-refractivity contribution in [2.75, 3.05) is 26.2 Å². The van der Waals surface area contributed by atoms with Crippen LogP contribution in [0.1, 0.15) is 20.8 Å². The van der Waals surface area contributed by atoms with Crippen LogP contribution in [0.4, 0.5) is 9.59 Å². The number of ether oxygens (including phenoxy) is 1. The fraction of sp³-hybridized carbons (Fsp3) is 0.800. The van der Waals surface area contributed by atoms with Gasteiger partial charge in [-0.05, 0) is 20.8 Å². The molecule has 0 fully saturated rings. The molecule has 0 spiro atoms. The lowest BCUT2D eigenvalue weighted by Crippen LogP contribution is -2.38. The summed E-state index contributed by atoms with van der Waals surface area (Å²) in [6.07, 6.45) is -1.50. The first-order chi connectivity index (χ1) is 7.81. The van der Waals surface area contributed by atoms with Gasteiger partial charge in [0.1, 0.15) is 5.60 Å². The molecule has 0 aliphatic heterocycles. The summed E-state index contributed by atoms with van der Waals surface area (Å²) in [7, 11) is 0. The van der Waals surface area contributed by atoms with Gasteiger partial charge in [-0.15, -0.1) is 0 Å². The summed E-state index contributed by atoms with van der Waals surface area (Å²) >= 11 is 0. The molecule has 0 aromatic carbocycles. The monoisotopic (exact) mass is 247 g/mol. The summed E-state index contributed by atoms with van der Waals surface area (Å²) in [6, 6.07) is 0. The summed E-state index contributed by atoms with van der Waals surface area (Å²) < 4.78 is 5.03. The van der Waals surface area contributed by atoms with Gasteiger partial charge in [-0.2, -0.15) is 0 Å². The van der Waals surface area contributed by atoms with E-state index in [9.17, 15) is 9.59 Å². The quantitative estimate of drug-likeness (QED) is 0.508. The van der Waals surface area contributed by atoms with E-state index >= 15 is 0 Å². The van der Waals surface area contributed by atoms with E-state index in [1.807, 2.05) is 0 Å². The van der Waals surface area contributed by atoms with Gasteiger partial charge in [-0.1, -0.05) is 0 Å². The van der Waals surface area contributed by atoms with Gasteiger partial charge < -0.3 is 25.8 Å². The molecular weight excluding hydrogens is 226 g/mol. The molecule has 0 atom stereocenters. The lowest BCUT2D eigenvalue weighted by atomic mass is 10.2. The van der Waals surface area contributed by atoms with Crippen molar-refractivity contribution >= 4 is 12.2 Å². The van der Waals surface area contributed by atoms with Crippen molar-refractivity contribution in [2.24, 2.45) is 0 Å². The smallest absolute Gasteiger partial charge is 0.407 e. The average Bonchev–Trinajstić information content (AvgIpc) is 2.12. The summed E-state index contributed by atoms with van der Waals surface area (Å²) in [6.45, 7) is 7.22. The van der Waals surface area contributed by atoms with Crippen LogP contribution >= 0.6 is 0 Å². The first-order valence-corrected chi connectivity index (χ1v) is 5.45. The number of hydrogen-bond donors (Lipinski definition) is 4. The molecule has 0 saturated carbocycles. The van der Waals surface area contributed by atoms with Crippen molar-refractivity contribution in [2.45, 2.75) is 26.4 Å². The average molecular weight is 247 g/mol. The highest BCUT2D eigenvalue weighted by Crippen LogP contribution is 2.05. The molecule has 0 aliphatic carbocycles. The second-order valence-corrected chi connectivity index (χ2v) is 4.41. The van der Waals surface area contributed by atoms with Crippen LogP contribution in [0.25, 0.3) is 0 Å². The molecule has 0 aliphatic rings. The van der Waals surface area contributed by atoms with E-state index < -0.39 is 17.8 Å². The largest absolute Gasteiger partial charge is 0.465 e. The zero-order valence-electron chi connectivity index (χ0n) is 10.5. The summed E-state index contributed by atoms with van der Waals surface area (Å²) in [4.78, 5) is 21.3. The maximum Gasteiger partial charge on any atom is 0.407 e. The molecule has 0 heterocycles. The van der Waals surface area contributed by atoms with Gasteiger partial charge in [0.2, 0.25) is 0 Å². The third-order valence-electron chi connectivity index (χ3n) is 1.55. The first kappa shape index (κ1) is 15.5. The van der Waals surface area contributed by atoms with E-state index in [0.717, 1.165) is 0 Å². The van der Waals surface area contributed by atoms with Gasteiger partial charge >= 0.3 is 12.2 Å². The third kappa shape index (κ3) is 12.4. The predicted molar refractivity (Wildman–Crippen MR) is 63.1 cm³/mol. The predicted octanol–water partition coefficient (Wildman–Crippen LogP) is 0.368. The minimum absolute atomic E-state index is 0.335. The van der Waals surface area contributed by atoms with Gasteiger partial charge in [0.05, 0.1) is 0 Å². The molecule has 2 amide bonds. The van der Waals surface area contributed by atoms with Gasteiger partial charge in [-0.3, -0.25) is 0 Å². The molecule has 7 heteroatoms. The highest BCUT2D eigenvalue weighted by Gasteiger charge is 2.15. The summed E-state index contributed by atoms with van der Waals surface area (Å²) in [5.41, 5.74) is -0.497. The van der Waals surface area contributed by atoms with Gasteiger partial charge in [0.15, 0.2) is 0 Å². The lowest BCUT2D eigenvalue weighted by Gasteiger charge is -2.19. The molecule has 4 N–H and O–H groups in total. The van der Waals surface area contributed by atoms with Crippen LogP contribution in [-0.4, -0.2) is 49.1 Å². The van der Waals surface area contributed by atoms with Crippen LogP contribution < -0.4 is 16.0 Å². The first-order valence-electron chi connectivity index (χ1n) is 5.45. The number of carboxylic acid groups (broad SMARTS) is 1. The molecule has 0 aromatic rings. The van der Waals surface area contributed by atoms with E-state index in [1.54, 1.807) is 20.8 Å². The zero-order chi connectivity index (χ0) is 13.3. The van der Waals surface area contributed by atoms with Crippen molar-refractivity contribution in [3.8, 4) is 0 Å². The number of amides is 2. The Kier molecular flexibility index (Phi) is 7.04. The molecular formula is C10H21N3O4. The van der Waals surface area contributed by atoms with Gasteiger partial charge in [-0.25, -0.2) is 9.59 Å². The van der Waals surface area contributed by atoms with Crippen LogP contribution in [0, 0.1) is 0 Å². The number of hydrogen-bond acceptors (Lipinski definition) is 4. The van der Waals surface area contributed by atoms with Crippen LogP contribution in [0.3, 0.4) is 0 Å². The molecule has 17 heavy (non-hydrogen) atoms. The molecule has 0 bridgehead atoms. The van der Waals surface area contributed by atoms with Gasteiger partial charge in [0.25, 0.3) is 0 Å². The van der Waals surface area contributed by atoms with Crippen molar-refractivity contribution in [3.63, 3.8) is 0 Å². The van der Waals surface area contributed by atoms with Crippen molar-refractivity contribution in [1.82, 2.24) is 16.0 Å². The number of nitrogens with one attached hydrogen (secondary N) is 3. The Morgan fingerprint density at radius 3 is 2.06 bits per heavy atom. The fourth-order valence-corrected chi connectivity index (χ4v) is 0.950. The maximum atomic E-state index is 11.2. The summed E-state index contributed by atoms with van der Waals surface area (Å²) in [5, 5.41) is 16.0. The van der Waals surface area contributed by atoms with E-state index in [4.69, 9.17) is 9.84 Å². The normalized spacial score (nSPS) is 10.8. The number of carbonyl (C=O) groups is 2. The van der Waals surface area contributed by atoms with Gasteiger partial charge in [0, 0.05) is 26.2 Å². The number of carbonyl (C=O) groups excluding carboxylic acids is 1. The third-order valence-corrected chi connectivity index (χ3v) is 1.55. The van der Waals surface area contributed by atoms with Crippen LogP contribution in [0.15, 0.2) is 0 Å². The molecule has 0 aromatic heterocycles. The Morgan fingerprint density at radius 1 is 1.06 bits per heavy atom. The molecule has 0 saturated heterocycles. The second-order valence-electron chi connectivity index (χ2n) is 4.41. The molecule has 100 valence electrons. The minimum Gasteiger partial charge on any atom is -0.465 e. The Bertz CT molecular complexity index is 250. The minimum atomic E-state index is -1.04. The molecule has 0 rings (SSSR count). The van der Waals surface area contributed by atoms with Crippen molar-refractivity contribution < 1.29 is 19.4 Å². The van der Waals surface area contributed by atoms with Crippen LogP contribution in [0.2, 0.25) is 0 Å².